The molecule has 1 aromatic carbocycles. The molecule has 3 atom stereocenters. The average molecular weight is 260 g/mol. The minimum Gasteiger partial charge on any atom is -0.352 e. The molecule has 0 bridgehead atoms. The molecular weight excluding hydrogens is 236 g/mol. The largest absolute Gasteiger partial charge is 0.352 e. The average Bonchev–Trinajstić information content (AvgIpc) is 3.16. The number of benzene rings is 1. The molecule has 3 nitrogen and oxygen atoms in total. The Hall–Kier alpha value is -1.35. The topological polar surface area (TPSA) is 55.1 Å². The van der Waals surface area contributed by atoms with Crippen molar-refractivity contribution in [1.29, 1.82) is 0 Å². The third-order valence-electron chi connectivity index (χ3n) is 3.76. The van der Waals surface area contributed by atoms with Crippen molar-refractivity contribution in [3.8, 4) is 0 Å². The predicted octanol–water partition coefficient (Wildman–Crippen LogP) is 2.28. The fraction of sp³-hybridized carbons (Fsp3) is 0.562. The van der Waals surface area contributed by atoms with Crippen molar-refractivity contribution < 1.29 is 4.79 Å². The zero-order valence-corrected chi connectivity index (χ0v) is 11.8. The van der Waals surface area contributed by atoms with E-state index >= 15 is 0 Å². The fourth-order valence-corrected chi connectivity index (χ4v) is 2.60. The van der Waals surface area contributed by atoms with Crippen molar-refractivity contribution in [1.82, 2.24) is 5.32 Å². The summed E-state index contributed by atoms with van der Waals surface area (Å²) in [6.45, 7) is 4.69. The number of hydrogen-bond donors (Lipinski definition) is 2. The molecule has 1 saturated carbocycles. The minimum atomic E-state index is -0.0444. The van der Waals surface area contributed by atoms with E-state index < -0.39 is 0 Å². The molecule has 3 N–H and O–H groups in total. The molecule has 1 fully saturated rings. The van der Waals surface area contributed by atoms with Gasteiger partial charge in [0.05, 0.1) is 5.92 Å². The Labute approximate surface area is 115 Å². The number of carbonyl (C=O) groups is 1. The van der Waals surface area contributed by atoms with Crippen molar-refractivity contribution in [3.63, 3.8) is 0 Å². The van der Waals surface area contributed by atoms with Crippen molar-refractivity contribution in [2.45, 2.75) is 38.6 Å². The second-order valence-electron chi connectivity index (χ2n) is 5.93. The van der Waals surface area contributed by atoms with Crippen LogP contribution in [0.4, 0.5) is 0 Å². The summed E-state index contributed by atoms with van der Waals surface area (Å²) in [5.74, 6) is 1.07. The Kier molecular flexibility index (Phi) is 4.59. The molecule has 0 aromatic heterocycles. The summed E-state index contributed by atoms with van der Waals surface area (Å²) < 4.78 is 0. The van der Waals surface area contributed by atoms with Gasteiger partial charge < -0.3 is 11.1 Å². The van der Waals surface area contributed by atoms with Gasteiger partial charge in [0, 0.05) is 18.5 Å². The van der Waals surface area contributed by atoms with Crippen LogP contribution >= 0.6 is 0 Å². The van der Waals surface area contributed by atoms with Gasteiger partial charge in [0.15, 0.2) is 0 Å². The molecule has 1 aliphatic carbocycles. The summed E-state index contributed by atoms with van der Waals surface area (Å²) in [7, 11) is 0. The second-order valence-corrected chi connectivity index (χ2v) is 5.93. The standard InChI is InChI=1S/C16H24N2O/c1-11(2)8-13(10-17)16(19)18-15-9-14(15)12-6-4-3-5-7-12/h3-7,11,13-15H,8-10,17H2,1-2H3,(H,18,19). The van der Waals surface area contributed by atoms with E-state index in [0.29, 0.717) is 24.4 Å². The Balaban J connectivity index is 1.84. The molecule has 19 heavy (non-hydrogen) atoms. The molecule has 1 aromatic rings. The van der Waals surface area contributed by atoms with Crippen LogP contribution in [-0.4, -0.2) is 18.5 Å². The number of nitrogens with two attached hydrogens (primary N) is 1. The fourth-order valence-electron chi connectivity index (χ4n) is 2.60. The lowest BCUT2D eigenvalue weighted by Gasteiger charge is -2.16. The summed E-state index contributed by atoms with van der Waals surface area (Å²) in [4.78, 5) is 12.1. The van der Waals surface area contributed by atoms with E-state index in [4.69, 9.17) is 5.73 Å². The van der Waals surface area contributed by atoms with Gasteiger partial charge in [-0.25, -0.2) is 0 Å². The minimum absolute atomic E-state index is 0.0444. The number of hydrogen-bond acceptors (Lipinski definition) is 2. The van der Waals surface area contributed by atoms with Gasteiger partial charge in [-0.1, -0.05) is 44.2 Å². The highest BCUT2D eigenvalue weighted by molar-refractivity contribution is 5.79. The molecule has 2 rings (SSSR count). The first-order chi connectivity index (χ1) is 9.11. The summed E-state index contributed by atoms with van der Waals surface area (Å²) in [6, 6.07) is 10.7. The third kappa shape index (κ3) is 3.80. The maximum atomic E-state index is 12.1. The summed E-state index contributed by atoms with van der Waals surface area (Å²) in [6.07, 6.45) is 1.92. The van der Waals surface area contributed by atoms with Gasteiger partial charge >= 0.3 is 0 Å². The highest BCUT2D eigenvalue weighted by Crippen LogP contribution is 2.40. The monoisotopic (exact) mass is 260 g/mol. The van der Waals surface area contributed by atoms with Crippen LogP contribution in [0.3, 0.4) is 0 Å². The van der Waals surface area contributed by atoms with Crippen LogP contribution in [0.5, 0.6) is 0 Å². The van der Waals surface area contributed by atoms with Crippen molar-refractivity contribution >= 4 is 5.91 Å². The first kappa shape index (κ1) is 14.1. The third-order valence-corrected chi connectivity index (χ3v) is 3.76. The highest BCUT2D eigenvalue weighted by Gasteiger charge is 2.40. The summed E-state index contributed by atoms with van der Waals surface area (Å²) in [5, 5.41) is 3.14. The molecule has 0 aliphatic heterocycles. The van der Waals surface area contributed by atoms with E-state index in [-0.39, 0.29) is 11.8 Å². The molecule has 3 heteroatoms. The predicted molar refractivity (Wildman–Crippen MR) is 77.7 cm³/mol. The van der Waals surface area contributed by atoms with Gasteiger partial charge in [-0.2, -0.15) is 0 Å². The molecule has 3 unspecified atom stereocenters. The van der Waals surface area contributed by atoms with Crippen molar-refractivity contribution in [2.24, 2.45) is 17.6 Å². The molecule has 0 radical (unpaired) electrons. The molecule has 1 aliphatic rings. The van der Waals surface area contributed by atoms with Crippen LogP contribution in [0.2, 0.25) is 0 Å². The Morgan fingerprint density at radius 2 is 2.05 bits per heavy atom. The van der Waals surface area contributed by atoms with Crippen LogP contribution in [0, 0.1) is 11.8 Å². The van der Waals surface area contributed by atoms with E-state index in [1.807, 2.05) is 18.2 Å². The molecule has 1 amide bonds. The first-order valence-electron chi connectivity index (χ1n) is 7.17. The number of nitrogens with one attached hydrogen (secondary N) is 1. The molecule has 0 saturated heterocycles. The lowest BCUT2D eigenvalue weighted by molar-refractivity contribution is -0.125. The van der Waals surface area contributed by atoms with E-state index in [2.05, 4.69) is 31.3 Å². The van der Waals surface area contributed by atoms with Crippen LogP contribution in [-0.2, 0) is 4.79 Å². The lowest BCUT2D eigenvalue weighted by Crippen LogP contribution is -2.37. The van der Waals surface area contributed by atoms with Crippen LogP contribution < -0.4 is 11.1 Å². The summed E-state index contributed by atoms with van der Waals surface area (Å²) in [5.41, 5.74) is 7.02. The Morgan fingerprint density at radius 3 is 2.63 bits per heavy atom. The van der Waals surface area contributed by atoms with E-state index in [1.165, 1.54) is 5.56 Å². The van der Waals surface area contributed by atoms with Gasteiger partial charge in [-0.05, 0) is 24.3 Å². The van der Waals surface area contributed by atoms with Crippen molar-refractivity contribution in [2.75, 3.05) is 6.54 Å². The zero-order chi connectivity index (χ0) is 13.8. The SMILES string of the molecule is CC(C)CC(CN)C(=O)NC1CC1c1ccccc1. The number of carbonyl (C=O) groups excluding carboxylic acids is 1. The van der Waals surface area contributed by atoms with Crippen molar-refractivity contribution in [3.05, 3.63) is 35.9 Å². The molecule has 0 spiro atoms. The van der Waals surface area contributed by atoms with Crippen LogP contribution in [0.1, 0.15) is 38.2 Å². The maximum Gasteiger partial charge on any atom is 0.224 e. The maximum absolute atomic E-state index is 12.1. The zero-order valence-electron chi connectivity index (χ0n) is 11.8. The smallest absolute Gasteiger partial charge is 0.224 e. The quantitative estimate of drug-likeness (QED) is 0.824. The second kappa shape index (κ2) is 6.20. The molecule has 0 heterocycles. The van der Waals surface area contributed by atoms with Gasteiger partial charge in [0.25, 0.3) is 0 Å². The van der Waals surface area contributed by atoms with Gasteiger partial charge in [0.1, 0.15) is 0 Å². The number of amides is 1. The number of rotatable bonds is 6. The summed E-state index contributed by atoms with van der Waals surface area (Å²) >= 11 is 0. The van der Waals surface area contributed by atoms with Crippen LogP contribution in [0.15, 0.2) is 30.3 Å². The highest BCUT2D eigenvalue weighted by atomic mass is 16.2. The van der Waals surface area contributed by atoms with E-state index in [0.717, 1.165) is 12.8 Å². The lowest BCUT2D eigenvalue weighted by atomic mass is 9.96. The van der Waals surface area contributed by atoms with Crippen LogP contribution in [0.25, 0.3) is 0 Å². The van der Waals surface area contributed by atoms with Gasteiger partial charge in [-0.15, -0.1) is 0 Å². The molecule has 104 valence electrons. The van der Waals surface area contributed by atoms with Gasteiger partial charge in [-0.3, -0.25) is 4.79 Å². The molecular formula is C16H24N2O. The Morgan fingerprint density at radius 1 is 1.37 bits per heavy atom. The first-order valence-corrected chi connectivity index (χ1v) is 7.17. The normalized spacial score (nSPS) is 23.2. The van der Waals surface area contributed by atoms with E-state index in [1.54, 1.807) is 0 Å². The van der Waals surface area contributed by atoms with Gasteiger partial charge in [0.2, 0.25) is 5.91 Å². The Bertz CT molecular complexity index is 416. The van der Waals surface area contributed by atoms with E-state index in [9.17, 15) is 4.79 Å².